The van der Waals surface area contributed by atoms with E-state index < -0.39 is 0 Å². The number of hydrogen-bond donors (Lipinski definition) is 1. The third kappa shape index (κ3) is 3.27. The van der Waals surface area contributed by atoms with Gasteiger partial charge in [-0.1, -0.05) is 30.8 Å². The van der Waals surface area contributed by atoms with Crippen LogP contribution in [-0.4, -0.2) is 21.1 Å². The zero-order chi connectivity index (χ0) is 17.3. The minimum Gasteiger partial charge on any atom is -0.369 e. The molecule has 7 heteroatoms. The van der Waals surface area contributed by atoms with Crippen LogP contribution in [0.15, 0.2) is 34.7 Å². The van der Waals surface area contributed by atoms with E-state index in [1.807, 2.05) is 19.2 Å². The highest BCUT2D eigenvalue weighted by atomic mass is 32.2. The van der Waals surface area contributed by atoms with E-state index in [4.69, 9.17) is 5.73 Å². The Morgan fingerprint density at radius 1 is 1.33 bits per heavy atom. The third-order valence-corrected chi connectivity index (χ3v) is 5.85. The summed E-state index contributed by atoms with van der Waals surface area (Å²) in [7, 11) is 0. The molecular weight excluding hydrogens is 345 g/mol. The first-order valence-corrected chi connectivity index (χ1v) is 9.23. The van der Waals surface area contributed by atoms with Gasteiger partial charge in [-0.15, -0.1) is 11.3 Å². The van der Waals surface area contributed by atoms with E-state index in [1.165, 1.54) is 35.2 Å². The van der Waals surface area contributed by atoms with Crippen LogP contribution in [-0.2, 0) is 4.79 Å². The van der Waals surface area contributed by atoms with Crippen molar-refractivity contribution in [3.63, 3.8) is 0 Å². The summed E-state index contributed by atoms with van der Waals surface area (Å²) in [5.74, 6) is 0.0158. The van der Waals surface area contributed by atoms with Crippen molar-refractivity contribution in [2.24, 2.45) is 5.73 Å². The van der Waals surface area contributed by atoms with Crippen LogP contribution in [0, 0.1) is 12.7 Å². The van der Waals surface area contributed by atoms with Crippen molar-refractivity contribution in [3.05, 3.63) is 41.3 Å². The van der Waals surface area contributed by atoms with Crippen LogP contribution in [0.2, 0.25) is 0 Å². The number of aromatic nitrogens is 2. The van der Waals surface area contributed by atoms with Crippen molar-refractivity contribution >= 4 is 39.2 Å². The number of halogens is 1. The van der Waals surface area contributed by atoms with Crippen molar-refractivity contribution in [2.45, 2.75) is 30.5 Å². The molecule has 2 aromatic heterocycles. The average molecular weight is 361 g/mol. The molecule has 124 valence electrons. The molecule has 0 bridgehead atoms. The van der Waals surface area contributed by atoms with Crippen LogP contribution in [0.3, 0.4) is 0 Å². The van der Waals surface area contributed by atoms with Crippen molar-refractivity contribution in [3.8, 4) is 11.1 Å². The quantitative estimate of drug-likeness (QED) is 0.547. The third-order valence-electron chi connectivity index (χ3n) is 3.61. The molecule has 3 rings (SSSR count). The van der Waals surface area contributed by atoms with Gasteiger partial charge < -0.3 is 5.73 Å². The summed E-state index contributed by atoms with van der Waals surface area (Å²) < 4.78 is 13.2. The Labute approximate surface area is 147 Å². The zero-order valence-electron chi connectivity index (χ0n) is 13.2. The molecule has 1 amide bonds. The molecule has 0 saturated heterocycles. The Morgan fingerprint density at radius 3 is 2.67 bits per heavy atom. The van der Waals surface area contributed by atoms with E-state index >= 15 is 0 Å². The molecule has 24 heavy (non-hydrogen) atoms. The molecule has 4 nitrogen and oxygen atoms in total. The summed E-state index contributed by atoms with van der Waals surface area (Å²) >= 11 is 2.87. The van der Waals surface area contributed by atoms with Gasteiger partial charge in [-0.2, -0.15) is 0 Å². The molecule has 1 atom stereocenters. The smallest absolute Gasteiger partial charge is 0.230 e. The van der Waals surface area contributed by atoms with Crippen LogP contribution >= 0.6 is 23.1 Å². The maximum absolute atomic E-state index is 13.2. The first-order valence-electron chi connectivity index (χ1n) is 7.47. The van der Waals surface area contributed by atoms with E-state index in [-0.39, 0.29) is 17.0 Å². The molecule has 1 aromatic carbocycles. The van der Waals surface area contributed by atoms with Crippen LogP contribution in [0.25, 0.3) is 21.3 Å². The highest BCUT2D eigenvalue weighted by molar-refractivity contribution is 8.00. The minimum absolute atomic E-state index is 0.278. The monoisotopic (exact) mass is 361 g/mol. The summed E-state index contributed by atoms with van der Waals surface area (Å²) in [5.41, 5.74) is 7.31. The number of rotatable bonds is 5. The van der Waals surface area contributed by atoms with Crippen LogP contribution in [0.1, 0.15) is 19.2 Å². The molecule has 0 fully saturated rings. The molecular formula is C17H16FN3OS2. The van der Waals surface area contributed by atoms with Crippen LogP contribution in [0.4, 0.5) is 4.39 Å². The predicted octanol–water partition coefficient (Wildman–Crippen LogP) is 4.16. The number of carbonyl (C=O) groups is 1. The maximum Gasteiger partial charge on any atom is 0.230 e. The zero-order valence-corrected chi connectivity index (χ0v) is 14.9. The van der Waals surface area contributed by atoms with Gasteiger partial charge >= 0.3 is 0 Å². The fourth-order valence-electron chi connectivity index (χ4n) is 2.42. The summed E-state index contributed by atoms with van der Waals surface area (Å²) in [4.78, 5) is 21.5. The number of carbonyl (C=O) groups excluding carboxylic acids is 1. The fraction of sp³-hybridized carbons (Fsp3) is 0.235. The highest BCUT2D eigenvalue weighted by Crippen LogP contribution is 2.39. The predicted molar refractivity (Wildman–Crippen MR) is 96.7 cm³/mol. The number of fused-ring (bicyclic) bond motifs is 1. The normalized spacial score (nSPS) is 12.5. The van der Waals surface area contributed by atoms with E-state index in [2.05, 4.69) is 9.97 Å². The Bertz CT molecular complexity index is 893. The van der Waals surface area contributed by atoms with Gasteiger partial charge in [0.25, 0.3) is 0 Å². The number of thioether (sulfide) groups is 1. The maximum atomic E-state index is 13.2. The number of amides is 1. The summed E-state index contributed by atoms with van der Waals surface area (Å²) in [6.45, 7) is 3.74. The Kier molecular flexibility index (Phi) is 4.82. The molecule has 1 unspecified atom stereocenters. The lowest BCUT2D eigenvalue weighted by Gasteiger charge is -2.12. The Morgan fingerprint density at radius 2 is 2.04 bits per heavy atom. The average Bonchev–Trinajstić information content (AvgIpc) is 2.96. The SMILES string of the molecule is CCC(Sc1nc(C)nc2scc(-c3ccc(F)cc3)c12)C(N)=O. The standard InChI is InChI=1S/C17H16FN3OS2/c1-3-13(15(19)22)24-17-14-12(10-4-6-11(18)7-5-10)8-23-16(14)20-9(2)21-17/h4-8,13H,3H2,1-2H3,(H2,19,22). The number of nitrogens with two attached hydrogens (primary N) is 1. The number of thiophene rings is 1. The summed E-state index contributed by atoms with van der Waals surface area (Å²) in [6, 6.07) is 6.32. The minimum atomic E-state index is -0.356. The lowest BCUT2D eigenvalue weighted by molar-refractivity contribution is -0.117. The van der Waals surface area contributed by atoms with Crippen molar-refractivity contribution in [1.82, 2.24) is 9.97 Å². The van der Waals surface area contributed by atoms with E-state index in [0.29, 0.717) is 12.2 Å². The topological polar surface area (TPSA) is 68.9 Å². The van der Waals surface area contributed by atoms with Gasteiger partial charge in [0.15, 0.2) is 0 Å². The number of benzene rings is 1. The molecule has 0 aliphatic heterocycles. The molecule has 0 aliphatic rings. The second-order valence-electron chi connectivity index (χ2n) is 5.33. The number of primary amides is 1. The van der Waals surface area contributed by atoms with Gasteiger partial charge in [0, 0.05) is 10.9 Å². The molecule has 3 aromatic rings. The first kappa shape index (κ1) is 16.9. The number of nitrogens with zero attached hydrogens (tertiary/aromatic N) is 2. The second-order valence-corrected chi connectivity index (χ2v) is 7.38. The van der Waals surface area contributed by atoms with Gasteiger partial charge in [-0.05, 0) is 31.0 Å². The molecule has 0 spiro atoms. The van der Waals surface area contributed by atoms with Gasteiger partial charge in [-0.25, -0.2) is 14.4 Å². The van der Waals surface area contributed by atoms with Crippen LogP contribution < -0.4 is 5.73 Å². The highest BCUT2D eigenvalue weighted by Gasteiger charge is 2.20. The Balaban J connectivity index is 2.15. The van der Waals surface area contributed by atoms with Crippen LogP contribution in [0.5, 0.6) is 0 Å². The lowest BCUT2D eigenvalue weighted by Crippen LogP contribution is -2.25. The second kappa shape index (κ2) is 6.86. The number of hydrogen-bond acceptors (Lipinski definition) is 5. The van der Waals surface area contributed by atoms with Gasteiger partial charge in [-0.3, -0.25) is 4.79 Å². The van der Waals surface area contributed by atoms with E-state index in [9.17, 15) is 9.18 Å². The largest absolute Gasteiger partial charge is 0.369 e. The molecule has 2 N–H and O–H groups in total. The summed E-state index contributed by atoms with van der Waals surface area (Å²) in [5, 5.41) is 3.27. The van der Waals surface area contributed by atoms with E-state index in [1.54, 1.807) is 12.1 Å². The fourth-order valence-corrected chi connectivity index (χ4v) is 4.53. The molecule has 0 saturated carbocycles. The van der Waals surface area contributed by atoms with E-state index in [0.717, 1.165) is 26.4 Å². The summed E-state index contributed by atoms with van der Waals surface area (Å²) in [6.07, 6.45) is 0.626. The Hall–Kier alpha value is -1.99. The molecule has 0 aliphatic carbocycles. The molecule has 0 radical (unpaired) electrons. The molecule has 2 heterocycles. The number of aryl methyl sites for hydroxylation is 1. The first-order chi connectivity index (χ1) is 11.5. The van der Waals surface area contributed by atoms with Crippen molar-refractivity contribution in [2.75, 3.05) is 0 Å². The van der Waals surface area contributed by atoms with Crippen molar-refractivity contribution < 1.29 is 9.18 Å². The van der Waals surface area contributed by atoms with Crippen molar-refractivity contribution in [1.29, 1.82) is 0 Å². The van der Waals surface area contributed by atoms with Gasteiger partial charge in [0.1, 0.15) is 21.5 Å². The van der Waals surface area contributed by atoms with Gasteiger partial charge in [0.2, 0.25) is 5.91 Å². The lowest BCUT2D eigenvalue weighted by atomic mass is 10.1. The van der Waals surface area contributed by atoms with Gasteiger partial charge in [0.05, 0.1) is 10.6 Å².